The zero-order chi connectivity index (χ0) is 7.98. The van der Waals surface area contributed by atoms with Crippen LogP contribution in [0.1, 0.15) is 13.8 Å². The summed E-state index contributed by atoms with van der Waals surface area (Å²) in [5, 5.41) is 8.45. The molecule has 0 aliphatic heterocycles. The first-order chi connectivity index (χ1) is 4.72. The highest BCUT2D eigenvalue weighted by molar-refractivity contribution is 6.40. The fraction of sp³-hybridized carbons (Fsp3) is 0.429. The molecule has 0 atom stereocenters. The zero-order valence-corrected chi connectivity index (χ0v) is 6.16. The van der Waals surface area contributed by atoms with Gasteiger partial charge in [0.25, 0.3) is 0 Å². The van der Waals surface area contributed by atoms with Gasteiger partial charge in [-0.3, -0.25) is 4.99 Å². The highest BCUT2D eigenvalue weighted by atomic mass is 16.4. The average molecular weight is 141 g/mol. The van der Waals surface area contributed by atoms with Crippen molar-refractivity contribution in [2.45, 2.75) is 13.8 Å². The lowest BCUT2D eigenvalue weighted by Gasteiger charge is -1.90. The number of aliphatic carboxylic acids is 1. The SMILES string of the molecule is C/C=C\C(=NCC)C(=O)O. The number of carboxylic acids is 1. The van der Waals surface area contributed by atoms with Gasteiger partial charge < -0.3 is 5.11 Å². The molecule has 0 amide bonds. The summed E-state index contributed by atoms with van der Waals surface area (Å²) in [6.07, 6.45) is 3.13. The lowest BCUT2D eigenvalue weighted by Crippen LogP contribution is -2.09. The third kappa shape index (κ3) is 3.02. The molecule has 1 N–H and O–H groups in total. The van der Waals surface area contributed by atoms with Crippen LogP contribution in [-0.4, -0.2) is 23.3 Å². The van der Waals surface area contributed by atoms with Crippen molar-refractivity contribution in [2.24, 2.45) is 4.99 Å². The molecule has 0 unspecified atom stereocenters. The number of carboxylic acid groups (broad SMARTS) is 1. The Labute approximate surface area is 60.1 Å². The third-order valence-corrected chi connectivity index (χ3v) is 0.872. The molecule has 0 aliphatic carbocycles. The number of nitrogens with zero attached hydrogens (tertiary/aromatic N) is 1. The fourth-order valence-electron chi connectivity index (χ4n) is 0.520. The average Bonchev–Trinajstić information content (AvgIpc) is 1.87. The van der Waals surface area contributed by atoms with E-state index in [0.29, 0.717) is 6.54 Å². The Hall–Kier alpha value is -1.12. The first-order valence-electron chi connectivity index (χ1n) is 3.12. The molecule has 0 heterocycles. The van der Waals surface area contributed by atoms with Gasteiger partial charge >= 0.3 is 5.97 Å². The monoisotopic (exact) mass is 141 g/mol. The molecule has 56 valence electrons. The van der Waals surface area contributed by atoms with Gasteiger partial charge in [-0.05, 0) is 19.9 Å². The van der Waals surface area contributed by atoms with Gasteiger partial charge in [0.2, 0.25) is 0 Å². The summed E-state index contributed by atoms with van der Waals surface area (Å²) in [4.78, 5) is 14.0. The highest BCUT2D eigenvalue weighted by Crippen LogP contribution is 1.83. The van der Waals surface area contributed by atoms with Gasteiger partial charge in [0.1, 0.15) is 5.71 Å². The van der Waals surface area contributed by atoms with Crippen molar-refractivity contribution in [3.05, 3.63) is 12.2 Å². The summed E-state index contributed by atoms with van der Waals surface area (Å²) in [7, 11) is 0. The van der Waals surface area contributed by atoms with E-state index in [1.807, 2.05) is 0 Å². The quantitative estimate of drug-likeness (QED) is 0.598. The van der Waals surface area contributed by atoms with E-state index >= 15 is 0 Å². The summed E-state index contributed by atoms with van der Waals surface area (Å²) in [5.41, 5.74) is 0.116. The van der Waals surface area contributed by atoms with Gasteiger partial charge in [0.05, 0.1) is 0 Å². The van der Waals surface area contributed by atoms with Crippen LogP contribution in [0, 0.1) is 0 Å². The number of rotatable bonds is 3. The predicted octanol–water partition coefficient (Wildman–Crippen LogP) is 1.11. The summed E-state index contributed by atoms with van der Waals surface area (Å²) in [6.45, 7) is 4.06. The van der Waals surface area contributed by atoms with Crippen LogP contribution in [0.15, 0.2) is 17.1 Å². The van der Waals surface area contributed by atoms with Crippen molar-refractivity contribution in [3.63, 3.8) is 0 Å². The molecule has 0 aromatic rings. The second kappa shape index (κ2) is 4.73. The van der Waals surface area contributed by atoms with Crippen LogP contribution >= 0.6 is 0 Å². The summed E-state index contributed by atoms with van der Waals surface area (Å²) < 4.78 is 0. The van der Waals surface area contributed by atoms with Crippen LogP contribution in [-0.2, 0) is 4.79 Å². The summed E-state index contributed by atoms with van der Waals surface area (Å²) >= 11 is 0. The molecular formula is C7H11NO2. The van der Waals surface area contributed by atoms with Crippen molar-refractivity contribution >= 4 is 11.7 Å². The standard InChI is InChI=1S/C7H11NO2/c1-3-5-6(7(9)10)8-4-2/h3,5H,4H2,1-2H3,(H,9,10)/b5-3-,8-6?. The Morgan fingerprint density at radius 3 is 2.60 bits per heavy atom. The number of aliphatic imine (C=N–C) groups is 1. The van der Waals surface area contributed by atoms with Crippen LogP contribution in [0.5, 0.6) is 0 Å². The number of hydrogen-bond acceptors (Lipinski definition) is 2. The molecule has 0 fully saturated rings. The lowest BCUT2D eigenvalue weighted by molar-refractivity contribution is -0.129. The topological polar surface area (TPSA) is 49.7 Å². The van der Waals surface area contributed by atoms with Crippen LogP contribution < -0.4 is 0 Å². The summed E-state index contributed by atoms with van der Waals surface area (Å²) in [5.74, 6) is -0.972. The molecule has 3 heteroatoms. The molecule has 3 nitrogen and oxygen atoms in total. The largest absolute Gasteiger partial charge is 0.477 e. The van der Waals surface area contributed by atoms with Gasteiger partial charge in [-0.15, -0.1) is 0 Å². The second-order valence-corrected chi connectivity index (χ2v) is 1.66. The molecule has 0 aromatic carbocycles. The predicted molar refractivity (Wildman–Crippen MR) is 40.4 cm³/mol. The number of hydrogen-bond donors (Lipinski definition) is 1. The minimum atomic E-state index is -0.972. The Balaban J connectivity index is 4.26. The van der Waals surface area contributed by atoms with Crippen molar-refractivity contribution in [2.75, 3.05) is 6.54 Å². The van der Waals surface area contributed by atoms with E-state index in [2.05, 4.69) is 4.99 Å². The van der Waals surface area contributed by atoms with Crippen molar-refractivity contribution in [3.8, 4) is 0 Å². The van der Waals surface area contributed by atoms with E-state index in [1.54, 1.807) is 19.9 Å². The smallest absolute Gasteiger partial charge is 0.354 e. The van der Waals surface area contributed by atoms with Crippen LogP contribution in [0.25, 0.3) is 0 Å². The minimum Gasteiger partial charge on any atom is -0.477 e. The first kappa shape index (κ1) is 8.88. The Morgan fingerprint density at radius 1 is 1.70 bits per heavy atom. The maximum Gasteiger partial charge on any atom is 0.354 e. The van der Waals surface area contributed by atoms with E-state index in [4.69, 9.17) is 5.11 Å². The molecule has 10 heavy (non-hydrogen) atoms. The molecule has 0 bridgehead atoms. The molecule has 0 rings (SSSR count). The molecular weight excluding hydrogens is 130 g/mol. The minimum absolute atomic E-state index is 0.116. The van der Waals surface area contributed by atoms with Gasteiger partial charge in [0.15, 0.2) is 0 Å². The van der Waals surface area contributed by atoms with E-state index < -0.39 is 5.97 Å². The molecule has 0 aromatic heterocycles. The van der Waals surface area contributed by atoms with Gasteiger partial charge in [0, 0.05) is 6.54 Å². The van der Waals surface area contributed by atoms with Crippen LogP contribution in [0.3, 0.4) is 0 Å². The normalized spacial score (nSPS) is 12.4. The second-order valence-electron chi connectivity index (χ2n) is 1.66. The maximum absolute atomic E-state index is 10.3. The molecule has 0 aliphatic rings. The Morgan fingerprint density at radius 2 is 2.30 bits per heavy atom. The summed E-state index contributed by atoms with van der Waals surface area (Å²) in [6, 6.07) is 0. The van der Waals surface area contributed by atoms with Crippen LogP contribution in [0.2, 0.25) is 0 Å². The molecule has 0 spiro atoms. The van der Waals surface area contributed by atoms with Crippen molar-refractivity contribution in [1.29, 1.82) is 0 Å². The molecule has 0 saturated heterocycles. The third-order valence-electron chi connectivity index (χ3n) is 0.872. The number of allylic oxidation sites excluding steroid dienone is 1. The number of carbonyl (C=O) groups is 1. The van der Waals surface area contributed by atoms with Crippen LogP contribution in [0.4, 0.5) is 0 Å². The van der Waals surface area contributed by atoms with Gasteiger partial charge in [-0.1, -0.05) is 6.08 Å². The zero-order valence-electron chi connectivity index (χ0n) is 6.16. The molecule has 0 saturated carbocycles. The van der Waals surface area contributed by atoms with Gasteiger partial charge in [-0.2, -0.15) is 0 Å². The Kier molecular flexibility index (Phi) is 4.20. The van der Waals surface area contributed by atoms with E-state index in [-0.39, 0.29) is 5.71 Å². The maximum atomic E-state index is 10.3. The van der Waals surface area contributed by atoms with Crippen molar-refractivity contribution in [1.82, 2.24) is 0 Å². The van der Waals surface area contributed by atoms with E-state index in [9.17, 15) is 4.79 Å². The van der Waals surface area contributed by atoms with Crippen molar-refractivity contribution < 1.29 is 9.90 Å². The van der Waals surface area contributed by atoms with E-state index in [1.165, 1.54) is 6.08 Å². The lowest BCUT2D eigenvalue weighted by atomic mass is 10.3. The Bertz CT molecular complexity index is 170. The van der Waals surface area contributed by atoms with Gasteiger partial charge in [-0.25, -0.2) is 4.79 Å². The molecule has 0 radical (unpaired) electrons. The fourth-order valence-corrected chi connectivity index (χ4v) is 0.520. The highest BCUT2D eigenvalue weighted by Gasteiger charge is 2.01. The first-order valence-corrected chi connectivity index (χ1v) is 3.12. The van der Waals surface area contributed by atoms with E-state index in [0.717, 1.165) is 0 Å².